The molecule has 33 heavy (non-hydrogen) atoms. The van der Waals surface area contributed by atoms with Gasteiger partial charge in [0.2, 0.25) is 0 Å². The van der Waals surface area contributed by atoms with Crippen LogP contribution in [0.3, 0.4) is 0 Å². The standard InChI is InChI=1S/C27H34N6/c1-4-32-14-12-21(13-15-32)27(2,3)17-33-26-24(25(28)29-18-30-26)23(31-33)16-20-10-7-9-19-8-5-6-11-22(19)20/h5-11,18,21H,4,12-17H2,1-3H3,(H2,28,29,30). The van der Waals surface area contributed by atoms with Gasteiger partial charge in [0.1, 0.15) is 12.1 Å². The molecular formula is C27H34N6. The molecular weight excluding hydrogens is 408 g/mol. The highest BCUT2D eigenvalue weighted by molar-refractivity contribution is 5.90. The number of likely N-dealkylation sites (tertiary alicyclic amines) is 1. The SMILES string of the molecule is CCN1CCC(C(C)(C)Cn2nc(Cc3cccc4ccccc34)c3c(N)ncnc32)CC1. The first-order valence-corrected chi connectivity index (χ1v) is 12.1. The molecule has 2 N–H and O–H groups in total. The lowest BCUT2D eigenvalue weighted by molar-refractivity contribution is 0.0876. The number of piperidine rings is 1. The fraction of sp³-hybridized carbons (Fsp3) is 0.444. The molecule has 0 aliphatic carbocycles. The summed E-state index contributed by atoms with van der Waals surface area (Å²) in [5.74, 6) is 1.18. The van der Waals surface area contributed by atoms with Crippen molar-refractivity contribution in [2.45, 2.75) is 46.6 Å². The van der Waals surface area contributed by atoms with Gasteiger partial charge in [0.25, 0.3) is 0 Å². The van der Waals surface area contributed by atoms with Gasteiger partial charge in [-0.25, -0.2) is 14.6 Å². The molecule has 0 radical (unpaired) electrons. The molecule has 5 rings (SSSR count). The molecule has 0 spiro atoms. The molecule has 1 saturated heterocycles. The molecule has 1 fully saturated rings. The third kappa shape index (κ3) is 4.20. The molecule has 0 amide bonds. The minimum absolute atomic E-state index is 0.120. The summed E-state index contributed by atoms with van der Waals surface area (Å²) in [5, 5.41) is 8.47. The van der Waals surface area contributed by atoms with Crippen molar-refractivity contribution in [1.82, 2.24) is 24.6 Å². The number of nitrogens with two attached hydrogens (primary N) is 1. The van der Waals surface area contributed by atoms with Crippen LogP contribution in [0.4, 0.5) is 5.82 Å². The van der Waals surface area contributed by atoms with Crippen LogP contribution in [0, 0.1) is 11.3 Å². The van der Waals surface area contributed by atoms with Gasteiger partial charge >= 0.3 is 0 Å². The maximum Gasteiger partial charge on any atom is 0.163 e. The highest BCUT2D eigenvalue weighted by Gasteiger charge is 2.34. The van der Waals surface area contributed by atoms with Crippen molar-refractivity contribution in [3.05, 3.63) is 60.0 Å². The van der Waals surface area contributed by atoms with Crippen LogP contribution < -0.4 is 5.73 Å². The quantitative estimate of drug-likeness (QED) is 0.459. The third-order valence-electron chi connectivity index (χ3n) is 7.57. The van der Waals surface area contributed by atoms with E-state index in [1.165, 1.54) is 42.3 Å². The molecule has 172 valence electrons. The monoisotopic (exact) mass is 442 g/mol. The second kappa shape index (κ2) is 8.75. The Balaban J connectivity index is 1.49. The van der Waals surface area contributed by atoms with Crippen LogP contribution in [0.25, 0.3) is 21.8 Å². The predicted octanol–water partition coefficient (Wildman–Crippen LogP) is 4.91. The summed E-state index contributed by atoms with van der Waals surface area (Å²) in [5.41, 5.74) is 9.53. The molecule has 1 aliphatic rings. The topological polar surface area (TPSA) is 72.9 Å². The van der Waals surface area contributed by atoms with Crippen LogP contribution in [-0.2, 0) is 13.0 Å². The molecule has 4 aromatic rings. The Kier molecular flexibility index (Phi) is 5.79. The molecule has 2 aromatic carbocycles. The van der Waals surface area contributed by atoms with Gasteiger partial charge in [-0.1, -0.05) is 63.2 Å². The van der Waals surface area contributed by atoms with E-state index in [0.717, 1.165) is 29.8 Å². The lowest BCUT2D eigenvalue weighted by atomic mass is 9.73. The molecule has 0 unspecified atom stereocenters. The predicted molar refractivity (Wildman–Crippen MR) is 135 cm³/mol. The number of benzene rings is 2. The fourth-order valence-electron chi connectivity index (χ4n) is 5.51. The highest BCUT2D eigenvalue weighted by atomic mass is 15.3. The van der Waals surface area contributed by atoms with Crippen LogP contribution in [-0.4, -0.2) is 44.3 Å². The number of fused-ring (bicyclic) bond motifs is 2. The Hall–Kier alpha value is -2.99. The Morgan fingerprint density at radius 1 is 1.03 bits per heavy atom. The Morgan fingerprint density at radius 3 is 2.58 bits per heavy atom. The zero-order valence-electron chi connectivity index (χ0n) is 20.0. The molecule has 1 aliphatic heterocycles. The number of aromatic nitrogens is 4. The van der Waals surface area contributed by atoms with Gasteiger partial charge in [-0.2, -0.15) is 5.10 Å². The van der Waals surface area contributed by atoms with E-state index >= 15 is 0 Å². The zero-order valence-corrected chi connectivity index (χ0v) is 20.0. The van der Waals surface area contributed by atoms with Crippen molar-refractivity contribution in [2.75, 3.05) is 25.4 Å². The average molecular weight is 443 g/mol. The molecule has 2 aromatic heterocycles. The van der Waals surface area contributed by atoms with Crippen molar-refractivity contribution in [3.63, 3.8) is 0 Å². The van der Waals surface area contributed by atoms with Crippen LogP contribution in [0.1, 0.15) is 44.9 Å². The van der Waals surface area contributed by atoms with Gasteiger partial charge in [0.15, 0.2) is 5.65 Å². The minimum atomic E-state index is 0.120. The summed E-state index contributed by atoms with van der Waals surface area (Å²) < 4.78 is 2.08. The van der Waals surface area contributed by atoms with E-state index in [1.807, 2.05) is 0 Å². The molecule has 6 heteroatoms. The fourth-order valence-corrected chi connectivity index (χ4v) is 5.51. The summed E-state index contributed by atoms with van der Waals surface area (Å²) >= 11 is 0. The Bertz CT molecular complexity index is 1260. The van der Waals surface area contributed by atoms with E-state index in [1.54, 1.807) is 6.33 Å². The van der Waals surface area contributed by atoms with E-state index in [0.29, 0.717) is 18.2 Å². The van der Waals surface area contributed by atoms with Gasteiger partial charge in [-0.3, -0.25) is 0 Å². The largest absolute Gasteiger partial charge is 0.383 e. The van der Waals surface area contributed by atoms with Gasteiger partial charge < -0.3 is 10.6 Å². The van der Waals surface area contributed by atoms with Gasteiger partial charge in [-0.15, -0.1) is 0 Å². The first-order chi connectivity index (χ1) is 16.0. The number of nitrogen functional groups attached to an aromatic ring is 1. The van der Waals surface area contributed by atoms with Gasteiger partial charge in [0.05, 0.1) is 11.1 Å². The van der Waals surface area contributed by atoms with E-state index in [2.05, 4.69) is 82.8 Å². The molecule has 0 saturated carbocycles. The number of rotatable bonds is 6. The van der Waals surface area contributed by atoms with Gasteiger partial charge in [-0.05, 0) is 60.1 Å². The van der Waals surface area contributed by atoms with Crippen molar-refractivity contribution in [2.24, 2.45) is 11.3 Å². The zero-order chi connectivity index (χ0) is 23.0. The van der Waals surface area contributed by atoms with E-state index < -0.39 is 0 Å². The summed E-state index contributed by atoms with van der Waals surface area (Å²) in [4.78, 5) is 11.5. The number of hydrogen-bond donors (Lipinski definition) is 1. The van der Waals surface area contributed by atoms with Crippen molar-refractivity contribution in [3.8, 4) is 0 Å². The van der Waals surface area contributed by atoms with Crippen molar-refractivity contribution < 1.29 is 0 Å². The van der Waals surface area contributed by atoms with Crippen LogP contribution in [0.2, 0.25) is 0 Å². The lowest BCUT2D eigenvalue weighted by Gasteiger charge is -2.40. The van der Waals surface area contributed by atoms with E-state index in [4.69, 9.17) is 10.8 Å². The maximum absolute atomic E-state index is 6.36. The lowest BCUT2D eigenvalue weighted by Crippen LogP contribution is -2.40. The average Bonchev–Trinajstić information content (AvgIpc) is 3.17. The smallest absolute Gasteiger partial charge is 0.163 e. The molecule has 6 nitrogen and oxygen atoms in total. The number of nitrogens with zero attached hydrogens (tertiary/aromatic N) is 5. The second-order valence-electron chi connectivity index (χ2n) is 10.1. The Morgan fingerprint density at radius 2 is 1.79 bits per heavy atom. The first-order valence-electron chi connectivity index (χ1n) is 12.1. The molecule has 3 heterocycles. The summed E-state index contributed by atoms with van der Waals surface area (Å²) in [6, 6.07) is 14.9. The minimum Gasteiger partial charge on any atom is -0.383 e. The Labute approximate surface area is 195 Å². The van der Waals surface area contributed by atoms with Crippen LogP contribution in [0.5, 0.6) is 0 Å². The highest BCUT2D eigenvalue weighted by Crippen LogP contribution is 2.37. The van der Waals surface area contributed by atoms with Crippen molar-refractivity contribution >= 4 is 27.6 Å². The van der Waals surface area contributed by atoms with Crippen molar-refractivity contribution in [1.29, 1.82) is 0 Å². The summed E-state index contributed by atoms with van der Waals surface area (Å²) in [6.45, 7) is 11.3. The second-order valence-corrected chi connectivity index (χ2v) is 10.1. The molecule has 0 atom stereocenters. The normalized spacial score (nSPS) is 16.1. The van der Waals surface area contributed by atoms with E-state index in [-0.39, 0.29) is 5.41 Å². The van der Waals surface area contributed by atoms with Crippen LogP contribution >= 0.6 is 0 Å². The maximum atomic E-state index is 6.36. The first kappa shape index (κ1) is 21.8. The number of anilines is 1. The summed E-state index contributed by atoms with van der Waals surface area (Å²) in [6.07, 6.45) is 4.74. The summed E-state index contributed by atoms with van der Waals surface area (Å²) in [7, 11) is 0. The number of hydrogen-bond acceptors (Lipinski definition) is 5. The third-order valence-corrected chi connectivity index (χ3v) is 7.57. The molecule has 0 bridgehead atoms. The van der Waals surface area contributed by atoms with Gasteiger partial charge in [0, 0.05) is 13.0 Å². The van der Waals surface area contributed by atoms with E-state index in [9.17, 15) is 0 Å². The van der Waals surface area contributed by atoms with Crippen LogP contribution in [0.15, 0.2) is 48.8 Å².